The van der Waals surface area contributed by atoms with Crippen LogP contribution in [0.25, 0.3) is 6.08 Å². The van der Waals surface area contributed by atoms with E-state index in [1.807, 2.05) is 24.3 Å². The van der Waals surface area contributed by atoms with E-state index in [4.69, 9.17) is 5.11 Å². The molecule has 1 N–H and O–H groups in total. The van der Waals surface area contributed by atoms with Crippen molar-refractivity contribution in [2.45, 2.75) is 6.42 Å². The zero-order chi connectivity index (χ0) is 7.94. The Labute approximate surface area is 66.2 Å². The van der Waals surface area contributed by atoms with Crippen molar-refractivity contribution in [3.8, 4) is 0 Å². The topological polar surface area (TPSA) is 33.1 Å². The number of hydrogen-bond donors (Lipinski definition) is 1. The van der Waals surface area contributed by atoms with Crippen molar-refractivity contribution < 1.29 is 5.11 Å². The molecule has 2 nitrogen and oxygen atoms in total. The molecule has 0 saturated heterocycles. The van der Waals surface area contributed by atoms with Crippen LogP contribution in [0.15, 0.2) is 30.6 Å². The molecule has 0 aliphatic carbocycles. The predicted octanol–water partition coefficient (Wildman–Crippen LogP) is 1.48. The van der Waals surface area contributed by atoms with Gasteiger partial charge >= 0.3 is 0 Å². The van der Waals surface area contributed by atoms with Crippen molar-refractivity contribution in [3.63, 3.8) is 0 Å². The van der Waals surface area contributed by atoms with E-state index in [9.17, 15) is 0 Å². The second-order valence-electron chi connectivity index (χ2n) is 2.20. The number of nitrogens with zero attached hydrogens (tertiary/aromatic N) is 1. The molecule has 11 heavy (non-hydrogen) atoms. The van der Waals surface area contributed by atoms with Gasteiger partial charge in [0.2, 0.25) is 0 Å². The van der Waals surface area contributed by atoms with Crippen molar-refractivity contribution in [2.24, 2.45) is 0 Å². The van der Waals surface area contributed by atoms with E-state index in [1.165, 1.54) is 0 Å². The maximum absolute atomic E-state index is 8.48. The number of hydrogen-bond acceptors (Lipinski definition) is 2. The average molecular weight is 149 g/mol. The fourth-order valence-electron chi connectivity index (χ4n) is 0.769. The van der Waals surface area contributed by atoms with Crippen LogP contribution in [0, 0.1) is 0 Å². The number of aliphatic hydroxyl groups excluding tert-OH is 1. The maximum Gasteiger partial charge on any atom is 0.0465 e. The Morgan fingerprint density at radius 1 is 1.36 bits per heavy atom. The van der Waals surface area contributed by atoms with Gasteiger partial charge in [-0.2, -0.15) is 0 Å². The summed E-state index contributed by atoms with van der Waals surface area (Å²) >= 11 is 0. The first-order chi connectivity index (χ1) is 5.43. The van der Waals surface area contributed by atoms with Crippen molar-refractivity contribution in [1.29, 1.82) is 0 Å². The minimum atomic E-state index is 0.210. The molecule has 0 spiro atoms. The van der Waals surface area contributed by atoms with E-state index in [1.54, 1.807) is 12.4 Å². The van der Waals surface area contributed by atoms with Crippen molar-refractivity contribution in [2.75, 3.05) is 6.61 Å². The summed E-state index contributed by atoms with van der Waals surface area (Å²) < 4.78 is 0. The second kappa shape index (κ2) is 4.63. The molecule has 0 unspecified atom stereocenters. The van der Waals surface area contributed by atoms with Gasteiger partial charge in [-0.25, -0.2) is 0 Å². The molecule has 1 rings (SSSR count). The third-order valence-electron chi connectivity index (χ3n) is 1.31. The van der Waals surface area contributed by atoms with Crippen molar-refractivity contribution in [3.05, 3.63) is 36.2 Å². The number of aliphatic hydroxyl groups is 1. The molecule has 0 aliphatic heterocycles. The molecule has 0 aliphatic rings. The molecule has 58 valence electrons. The molecule has 0 atom stereocenters. The lowest BCUT2D eigenvalue weighted by molar-refractivity contribution is 0.303. The highest BCUT2D eigenvalue weighted by atomic mass is 16.2. The molecule has 1 heterocycles. The smallest absolute Gasteiger partial charge is 0.0465 e. The summed E-state index contributed by atoms with van der Waals surface area (Å²) in [5.74, 6) is 0. The van der Waals surface area contributed by atoms with Crippen molar-refractivity contribution >= 4 is 6.08 Å². The van der Waals surface area contributed by atoms with Crippen LogP contribution in [0.3, 0.4) is 0 Å². The van der Waals surface area contributed by atoms with Gasteiger partial charge in [0.15, 0.2) is 0 Å². The Kier molecular flexibility index (Phi) is 3.35. The summed E-state index contributed by atoms with van der Waals surface area (Å²) in [6, 6.07) is 3.85. The van der Waals surface area contributed by atoms with Gasteiger partial charge in [-0.05, 0) is 24.1 Å². The Bertz CT molecular complexity index is 218. The summed E-state index contributed by atoms with van der Waals surface area (Å²) in [5.41, 5.74) is 1.12. The third-order valence-corrected chi connectivity index (χ3v) is 1.31. The fourth-order valence-corrected chi connectivity index (χ4v) is 0.769. The second-order valence-corrected chi connectivity index (χ2v) is 2.20. The molecule has 0 aromatic carbocycles. The predicted molar refractivity (Wildman–Crippen MR) is 45.0 cm³/mol. The van der Waals surface area contributed by atoms with Crippen LogP contribution in [0.1, 0.15) is 12.0 Å². The fraction of sp³-hybridized carbons (Fsp3) is 0.222. The number of rotatable bonds is 3. The molecule has 0 bridgehead atoms. The normalized spacial score (nSPS) is 10.6. The van der Waals surface area contributed by atoms with E-state index in [-0.39, 0.29) is 6.61 Å². The lowest BCUT2D eigenvalue weighted by atomic mass is 10.2. The summed E-state index contributed by atoms with van der Waals surface area (Å²) in [4.78, 5) is 3.89. The first-order valence-electron chi connectivity index (χ1n) is 3.61. The van der Waals surface area contributed by atoms with Crippen molar-refractivity contribution in [1.82, 2.24) is 4.98 Å². The monoisotopic (exact) mass is 149 g/mol. The van der Waals surface area contributed by atoms with Crippen LogP contribution in [-0.4, -0.2) is 16.7 Å². The van der Waals surface area contributed by atoms with Crippen LogP contribution >= 0.6 is 0 Å². The summed E-state index contributed by atoms with van der Waals surface area (Å²) in [5, 5.41) is 8.48. The number of pyridine rings is 1. The first kappa shape index (κ1) is 7.95. The van der Waals surface area contributed by atoms with Crippen LogP contribution in [0.2, 0.25) is 0 Å². The Hall–Kier alpha value is -1.15. The van der Waals surface area contributed by atoms with E-state index >= 15 is 0 Å². The SMILES string of the molecule is OCC/C=C/c1ccncc1. The lowest BCUT2D eigenvalue weighted by Crippen LogP contribution is -1.76. The van der Waals surface area contributed by atoms with Gasteiger partial charge in [-0.3, -0.25) is 4.98 Å². The average Bonchev–Trinajstić information content (AvgIpc) is 2.07. The van der Waals surface area contributed by atoms with Crippen LogP contribution in [0.5, 0.6) is 0 Å². The lowest BCUT2D eigenvalue weighted by Gasteiger charge is -1.89. The maximum atomic E-state index is 8.48. The molecule has 0 amide bonds. The molecule has 2 heteroatoms. The van der Waals surface area contributed by atoms with Crippen LogP contribution in [0.4, 0.5) is 0 Å². The Morgan fingerprint density at radius 3 is 2.73 bits per heavy atom. The van der Waals surface area contributed by atoms with E-state index in [2.05, 4.69) is 4.98 Å². The standard InChI is InChI=1S/C9H11NO/c11-8-2-1-3-9-4-6-10-7-5-9/h1,3-7,11H,2,8H2/b3-1+. The number of aromatic nitrogens is 1. The minimum Gasteiger partial charge on any atom is -0.396 e. The molecule has 0 saturated carbocycles. The molecular formula is C9H11NO. The summed E-state index contributed by atoms with van der Waals surface area (Å²) in [6.45, 7) is 0.210. The van der Waals surface area contributed by atoms with Crippen LogP contribution in [-0.2, 0) is 0 Å². The largest absolute Gasteiger partial charge is 0.396 e. The van der Waals surface area contributed by atoms with E-state index in [0.29, 0.717) is 6.42 Å². The Balaban J connectivity index is 2.50. The Morgan fingerprint density at radius 2 is 2.09 bits per heavy atom. The van der Waals surface area contributed by atoms with Gasteiger partial charge in [0.1, 0.15) is 0 Å². The van der Waals surface area contributed by atoms with Gasteiger partial charge in [0, 0.05) is 19.0 Å². The molecule has 1 aromatic heterocycles. The van der Waals surface area contributed by atoms with Gasteiger partial charge in [-0.15, -0.1) is 0 Å². The van der Waals surface area contributed by atoms with Crippen LogP contribution < -0.4 is 0 Å². The molecular weight excluding hydrogens is 138 g/mol. The van der Waals surface area contributed by atoms with E-state index < -0.39 is 0 Å². The quantitative estimate of drug-likeness (QED) is 0.706. The van der Waals surface area contributed by atoms with Gasteiger partial charge in [0.05, 0.1) is 0 Å². The van der Waals surface area contributed by atoms with Gasteiger partial charge in [0.25, 0.3) is 0 Å². The van der Waals surface area contributed by atoms with Gasteiger partial charge in [-0.1, -0.05) is 12.2 Å². The minimum absolute atomic E-state index is 0.210. The summed E-state index contributed by atoms with van der Waals surface area (Å²) in [7, 11) is 0. The molecule has 1 aromatic rings. The molecule has 0 fully saturated rings. The first-order valence-corrected chi connectivity index (χ1v) is 3.61. The van der Waals surface area contributed by atoms with Gasteiger partial charge < -0.3 is 5.11 Å². The highest BCUT2D eigenvalue weighted by Gasteiger charge is 1.81. The third kappa shape index (κ3) is 2.96. The highest BCUT2D eigenvalue weighted by Crippen LogP contribution is 1.99. The zero-order valence-corrected chi connectivity index (χ0v) is 6.27. The van der Waals surface area contributed by atoms with E-state index in [0.717, 1.165) is 5.56 Å². The highest BCUT2D eigenvalue weighted by molar-refractivity contribution is 5.47. The zero-order valence-electron chi connectivity index (χ0n) is 6.27. The summed E-state index contributed by atoms with van der Waals surface area (Å²) in [6.07, 6.45) is 8.12. The molecule has 0 radical (unpaired) electrons.